The van der Waals surface area contributed by atoms with Crippen LogP contribution in [-0.2, 0) is 0 Å². The fourth-order valence-corrected chi connectivity index (χ4v) is 1.46. The van der Waals surface area contributed by atoms with E-state index in [9.17, 15) is 0 Å². The van der Waals surface area contributed by atoms with Crippen molar-refractivity contribution in [2.45, 2.75) is 0 Å². The minimum absolute atomic E-state index is 0.611. The Bertz CT molecular complexity index is 541. The fourth-order valence-electron chi connectivity index (χ4n) is 1.46. The molecule has 0 N–H and O–H groups in total. The molecule has 0 aliphatic carbocycles. The molecular weight excluding hydrogens is 230 g/mol. The maximum absolute atomic E-state index is 5.23. The largest absolute Gasteiger partial charge is 0.493 e. The third kappa shape index (κ3) is 2.82. The van der Waals surface area contributed by atoms with Crippen LogP contribution in [0.2, 0.25) is 0 Å². The summed E-state index contributed by atoms with van der Waals surface area (Å²) in [5, 5.41) is 0. The van der Waals surface area contributed by atoms with Gasteiger partial charge in [0.25, 0.3) is 0 Å². The van der Waals surface area contributed by atoms with Crippen LogP contribution in [0.5, 0.6) is 11.5 Å². The lowest BCUT2D eigenvalue weighted by molar-refractivity contribution is 0.355. The quantitative estimate of drug-likeness (QED) is 0.822. The van der Waals surface area contributed by atoms with E-state index < -0.39 is 0 Å². The summed E-state index contributed by atoms with van der Waals surface area (Å²) in [5.41, 5.74) is 0.980. The normalized spacial score (nSPS) is 10.6. The van der Waals surface area contributed by atoms with Gasteiger partial charge in [0.15, 0.2) is 17.3 Å². The Balaban J connectivity index is 2.22. The van der Waals surface area contributed by atoms with E-state index in [1.807, 2.05) is 30.4 Å². The molecule has 5 nitrogen and oxygen atoms in total. The lowest BCUT2D eigenvalue weighted by Gasteiger charge is -2.07. The maximum atomic E-state index is 5.23. The van der Waals surface area contributed by atoms with Crippen molar-refractivity contribution < 1.29 is 9.47 Å². The Labute approximate surface area is 105 Å². The van der Waals surface area contributed by atoms with E-state index in [4.69, 9.17) is 9.47 Å². The van der Waals surface area contributed by atoms with Crippen LogP contribution in [0, 0.1) is 0 Å². The summed E-state index contributed by atoms with van der Waals surface area (Å²) >= 11 is 0. The van der Waals surface area contributed by atoms with Gasteiger partial charge in [-0.05, 0) is 23.8 Å². The maximum Gasteiger partial charge on any atom is 0.161 e. The van der Waals surface area contributed by atoms with E-state index in [-0.39, 0.29) is 0 Å². The highest BCUT2D eigenvalue weighted by molar-refractivity contribution is 5.68. The van der Waals surface area contributed by atoms with Crippen molar-refractivity contribution in [1.29, 1.82) is 0 Å². The van der Waals surface area contributed by atoms with Crippen molar-refractivity contribution in [2.24, 2.45) is 0 Å². The Kier molecular flexibility index (Phi) is 3.86. The Hall–Kier alpha value is -2.43. The summed E-state index contributed by atoms with van der Waals surface area (Å²) in [6.45, 7) is 0. The van der Waals surface area contributed by atoms with Gasteiger partial charge >= 0.3 is 0 Å². The lowest BCUT2D eigenvalue weighted by atomic mass is 10.2. The summed E-state index contributed by atoms with van der Waals surface area (Å²) in [6.07, 6.45) is 6.63. The molecule has 0 aliphatic heterocycles. The molecule has 0 amide bonds. The van der Waals surface area contributed by atoms with Gasteiger partial charge in [0.05, 0.1) is 14.2 Å². The summed E-state index contributed by atoms with van der Waals surface area (Å²) in [5.74, 6) is 2.00. The van der Waals surface area contributed by atoms with Gasteiger partial charge in [-0.25, -0.2) is 15.0 Å². The number of hydrogen-bond acceptors (Lipinski definition) is 5. The van der Waals surface area contributed by atoms with E-state index in [1.54, 1.807) is 14.2 Å². The first-order chi connectivity index (χ1) is 8.83. The average Bonchev–Trinajstić information content (AvgIpc) is 2.45. The lowest BCUT2D eigenvalue weighted by Crippen LogP contribution is -1.90. The summed E-state index contributed by atoms with van der Waals surface area (Å²) < 4.78 is 10.4. The molecule has 1 heterocycles. The molecule has 0 saturated carbocycles. The first-order valence-electron chi connectivity index (χ1n) is 5.35. The molecule has 0 fully saturated rings. The number of methoxy groups -OCH3 is 2. The second kappa shape index (κ2) is 5.77. The molecule has 2 aromatic rings. The number of nitrogens with zero attached hydrogens (tertiary/aromatic N) is 3. The second-order valence-electron chi connectivity index (χ2n) is 3.44. The van der Waals surface area contributed by atoms with Gasteiger partial charge in [-0.3, -0.25) is 0 Å². The van der Waals surface area contributed by atoms with Crippen LogP contribution in [0.3, 0.4) is 0 Å². The minimum Gasteiger partial charge on any atom is -0.493 e. The van der Waals surface area contributed by atoms with Crippen molar-refractivity contribution in [1.82, 2.24) is 15.0 Å². The van der Waals surface area contributed by atoms with E-state index in [1.165, 1.54) is 12.7 Å². The number of aromatic nitrogens is 3. The van der Waals surface area contributed by atoms with Gasteiger partial charge in [-0.1, -0.05) is 12.1 Å². The van der Waals surface area contributed by atoms with E-state index in [2.05, 4.69) is 15.0 Å². The van der Waals surface area contributed by atoms with Gasteiger partial charge < -0.3 is 9.47 Å². The molecule has 0 radical (unpaired) electrons. The molecular formula is C13H13N3O2. The zero-order valence-corrected chi connectivity index (χ0v) is 10.2. The second-order valence-corrected chi connectivity index (χ2v) is 3.44. The van der Waals surface area contributed by atoms with Crippen LogP contribution >= 0.6 is 0 Å². The highest BCUT2D eigenvalue weighted by atomic mass is 16.5. The van der Waals surface area contributed by atoms with Gasteiger partial charge in [0.1, 0.15) is 12.7 Å². The predicted molar refractivity (Wildman–Crippen MR) is 68.3 cm³/mol. The van der Waals surface area contributed by atoms with Crippen LogP contribution in [-0.4, -0.2) is 29.2 Å². The molecule has 2 rings (SSSR count). The Morgan fingerprint density at radius 2 is 1.67 bits per heavy atom. The first kappa shape index (κ1) is 12.0. The minimum atomic E-state index is 0.611. The van der Waals surface area contributed by atoms with Crippen LogP contribution in [0.1, 0.15) is 11.4 Å². The standard InChI is InChI=1S/C13H13N3O2/c1-17-11-5-3-10(7-12(11)18-2)4-6-13-15-8-14-9-16-13/h3-9H,1-2H3. The molecule has 5 heteroatoms. The Morgan fingerprint density at radius 3 is 2.33 bits per heavy atom. The zero-order valence-electron chi connectivity index (χ0n) is 10.2. The molecule has 1 aromatic heterocycles. The highest BCUT2D eigenvalue weighted by Crippen LogP contribution is 2.28. The molecule has 0 atom stereocenters. The van der Waals surface area contributed by atoms with Gasteiger partial charge in [0, 0.05) is 0 Å². The van der Waals surface area contributed by atoms with Gasteiger partial charge in [-0.15, -0.1) is 0 Å². The van der Waals surface area contributed by atoms with Crippen molar-refractivity contribution in [2.75, 3.05) is 14.2 Å². The highest BCUT2D eigenvalue weighted by Gasteiger charge is 2.02. The molecule has 0 bridgehead atoms. The van der Waals surface area contributed by atoms with Crippen molar-refractivity contribution in [3.63, 3.8) is 0 Å². The van der Waals surface area contributed by atoms with Crippen LogP contribution in [0.4, 0.5) is 0 Å². The Morgan fingerprint density at radius 1 is 0.944 bits per heavy atom. The summed E-state index contributed by atoms with van der Waals surface area (Å²) in [6, 6.07) is 5.67. The number of benzene rings is 1. The van der Waals surface area contributed by atoms with E-state index >= 15 is 0 Å². The van der Waals surface area contributed by atoms with E-state index in [0.717, 1.165) is 5.56 Å². The topological polar surface area (TPSA) is 57.1 Å². The molecule has 18 heavy (non-hydrogen) atoms. The average molecular weight is 243 g/mol. The molecule has 1 aromatic carbocycles. The predicted octanol–water partition coefficient (Wildman–Crippen LogP) is 2.06. The molecule has 92 valence electrons. The van der Waals surface area contributed by atoms with Crippen molar-refractivity contribution >= 4 is 12.2 Å². The van der Waals surface area contributed by atoms with Gasteiger partial charge in [0.2, 0.25) is 0 Å². The zero-order chi connectivity index (χ0) is 12.8. The van der Waals surface area contributed by atoms with Crippen LogP contribution in [0.25, 0.3) is 12.2 Å². The van der Waals surface area contributed by atoms with Crippen molar-refractivity contribution in [3.8, 4) is 11.5 Å². The van der Waals surface area contributed by atoms with Crippen LogP contribution < -0.4 is 9.47 Å². The number of rotatable bonds is 4. The van der Waals surface area contributed by atoms with Crippen molar-refractivity contribution in [3.05, 3.63) is 42.2 Å². The molecule has 0 spiro atoms. The fraction of sp³-hybridized carbons (Fsp3) is 0.154. The summed E-state index contributed by atoms with van der Waals surface area (Å²) in [7, 11) is 3.22. The number of hydrogen-bond donors (Lipinski definition) is 0. The van der Waals surface area contributed by atoms with Crippen LogP contribution in [0.15, 0.2) is 30.9 Å². The third-order valence-corrected chi connectivity index (χ3v) is 2.35. The molecule has 0 saturated heterocycles. The smallest absolute Gasteiger partial charge is 0.161 e. The molecule has 0 unspecified atom stereocenters. The van der Waals surface area contributed by atoms with Gasteiger partial charge in [-0.2, -0.15) is 0 Å². The first-order valence-corrected chi connectivity index (χ1v) is 5.35. The summed E-state index contributed by atoms with van der Waals surface area (Å²) in [4.78, 5) is 11.8. The monoisotopic (exact) mass is 243 g/mol. The number of ether oxygens (including phenoxy) is 2. The third-order valence-electron chi connectivity index (χ3n) is 2.35. The van der Waals surface area contributed by atoms with E-state index in [0.29, 0.717) is 17.3 Å². The molecule has 0 aliphatic rings. The SMILES string of the molecule is COc1ccc(C=Cc2ncncn2)cc1OC.